The van der Waals surface area contributed by atoms with Gasteiger partial charge in [-0.15, -0.1) is 4.99 Å². The molecule has 2 amide bonds. The fraction of sp³-hybridized carbons (Fsp3) is 0.800. The van der Waals surface area contributed by atoms with E-state index in [2.05, 4.69) is 10.3 Å². The Morgan fingerprint density at radius 2 is 1.45 bits per heavy atom. The Bertz CT molecular complexity index is 431. The van der Waals surface area contributed by atoms with Crippen molar-refractivity contribution in [1.82, 2.24) is 10.2 Å². The number of alkyl carbamates (subject to hydrolysis) is 1. The maximum atomic E-state index is 11.9. The summed E-state index contributed by atoms with van der Waals surface area (Å²) in [4.78, 5) is 29.2. The van der Waals surface area contributed by atoms with E-state index in [1.165, 1.54) is 0 Å². The van der Waals surface area contributed by atoms with Gasteiger partial charge in [-0.25, -0.2) is 9.59 Å². The summed E-state index contributed by atoms with van der Waals surface area (Å²) in [6.07, 6.45) is -1.45. The van der Waals surface area contributed by atoms with Crippen LogP contribution in [0.2, 0.25) is 0 Å². The highest BCUT2D eigenvalue weighted by Crippen LogP contribution is 2.09. The molecule has 7 heteroatoms. The van der Waals surface area contributed by atoms with Crippen molar-refractivity contribution in [3.63, 3.8) is 0 Å². The molecule has 0 aliphatic carbocycles. The topological polar surface area (TPSA) is 80.2 Å². The molecule has 0 aliphatic heterocycles. The van der Waals surface area contributed by atoms with Crippen LogP contribution < -0.4 is 5.32 Å². The molecule has 0 aliphatic rings. The minimum atomic E-state index is -0.772. The first-order valence-corrected chi connectivity index (χ1v) is 7.26. The van der Waals surface area contributed by atoms with Crippen molar-refractivity contribution in [1.29, 1.82) is 0 Å². The lowest BCUT2D eigenvalue weighted by Gasteiger charge is -2.27. The molecule has 0 saturated heterocycles. The van der Waals surface area contributed by atoms with E-state index in [0.717, 1.165) is 0 Å². The van der Waals surface area contributed by atoms with Crippen molar-refractivity contribution in [3.05, 3.63) is 0 Å². The van der Waals surface area contributed by atoms with Crippen LogP contribution in [0.3, 0.4) is 0 Å². The van der Waals surface area contributed by atoms with Gasteiger partial charge in [0, 0.05) is 13.1 Å². The molecule has 22 heavy (non-hydrogen) atoms. The van der Waals surface area contributed by atoms with Gasteiger partial charge in [-0.3, -0.25) is 5.32 Å². The van der Waals surface area contributed by atoms with Crippen molar-refractivity contribution in [2.75, 3.05) is 7.05 Å². The van der Waals surface area contributed by atoms with Gasteiger partial charge >= 0.3 is 12.2 Å². The lowest BCUT2D eigenvalue weighted by molar-refractivity contribution is 0.0554. The Morgan fingerprint density at radius 1 is 1.00 bits per heavy atom. The summed E-state index contributed by atoms with van der Waals surface area (Å²) in [5.41, 5.74) is -1.30. The minimum Gasteiger partial charge on any atom is -0.444 e. The van der Waals surface area contributed by atoms with Crippen LogP contribution in [0.1, 0.15) is 55.4 Å². The summed E-state index contributed by atoms with van der Waals surface area (Å²) in [5.74, 6) is 0.0819. The fourth-order valence-electron chi connectivity index (χ4n) is 1.21. The maximum absolute atomic E-state index is 11.9. The SMILES string of the molecule is CC(C)N(C)C(=NC(=O)OC(C)(C)C)NC(=O)OC(C)(C)C. The summed E-state index contributed by atoms with van der Waals surface area (Å²) in [6.45, 7) is 14.3. The average Bonchev–Trinajstić information content (AvgIpc) is 2.21. The first-order chi connectivity index (χ1) is 9.71. The van der Waals surface area contributed by atoms with Crippen LogP contribution >= 0.6 is 0 Å². The monoisotopic (exact) mass is 315 g/mol. The Morgan fingerprint density at radius 3 is 1.82 bits per heavy atom. The smallest absolute Gasteiger partial charge is 0.437 e. The van der Waals surface area contributed by atoms with Crippen molar-refractivity contribution < 1.29 is 19.1 Å². The molecule has 1 N–H and O–H groups in total. The molecule has 0 spiro atoms. The molecule has 0 heterocycles. The number of hydrogen-bond acceptors (Lipinski definition) is 4. The third-order valence-electron chi connectivity index (χ3n) is 2.31. The second-order valence-electron chi connectivity index (χ2n) is 7.25. The third-order valence-corrected chi connectivity index (χ3v) is 2.31. The van der Waals surface area contributed by atoms with E-state index in [1.54, 1.807) is 53.5 Å². The largest absolute Gasteiger partial charge is 0.444 e. The molecule has 128 valence electrons. The van der Waals surface area contributed by atoms with E-state index in [4.69, 9.17) is 9.47 Å². The lowest BCUT2D eigenvalue weighted by Crippen LogP contribution is -2.47. The standard InChI is InChI=1S/C15H29N3O4/c1-10(2)18(9)11(16-12(19)21-14(3,4)5)17-13(20)22-15(6,7)8/h10H,1-9H3,(H,16,17,19,20). The zero-order valence-electron chi connectivity index (χ0n) is 15.1. The molecular weight excluding hydrogens is 286 g/mol. The summed E-state index contributed by atoms with van der Waals surface area (Å²) in [6, 6.07) is 0.0242. The van der Waals surface area contributed by atoms with Gasteiger partial charge < -0.3 is 14.4 Å². The molecule has 0 rings (SSSR count). The predicted octanol–water partition coefficient (Wildman–Crippen LogP) is 3.14. The number of ether oxygens (including phenoxy) is 2. The number of carbonyl (C=O) groups is 2. The van der Waals surface area contributed by atoms with E-state index in [1.807, 2.05) is 13.8 Å². The highest BCUT2D eigenvalue weighted by molar-refractivity contribution is 5.98. The van der Waals surface area contributed by atoms with E-state index >= 15 is 0 Å². The lowest BCUT2D eigenvalue weighted by atomic mass is 10.2. The Hall–Kier alpha value is -1.79. The van der Waals surface area contributed by atoms with Gasteiger partial charge in [0.15, 0.2) is 0 Å². The Kier molecular flexibility index (Phi) is 6.86. The number of nitrogens with zero attached hydrogens (tertiary/aromatic N) is 2. The number of amides is 2. The summed E-state index contributed by atoms with van der Waals surface area (Å²) >= 11 is 0. The minimum absolute atomic E-state index is 0.0242. The predicted molar refractivity (Wildman–Crippen MR) is 85.9 cm³/mol. The molecule has 0 bridgehead atoms. The van der Waals surface area contributed by atoms with Gasteiger partial charge in [-0.05, 0) is 55.4 Å². The highest BCUT2D eigenvalue weighted by atomic mass is 16.6. The first-order valence-electron chi connectivity index (χ1n) is 7.26. The number of rotatable bonds is 1. The van der Waals surface area contributed by atoms with E-state index in [9.17, 15) is 9.59 Å². The molecule has 0 unspecified atom stereocenters. The van der Waals surface area contributed by atoms with Crippen LogP contribution in [0.4, 0.5) is 9.59 Å². The molecular formula is C15H29N3O4. The average molecular weight is 315 g/mol. The van der Waals surface area contributed by atoms with Gasteiger partial charge in [0.2, 0.25) is 5.96 Å². The normalized spacial score (nSPS) is 12.9. The number of aliphatic imine (C=N–C) groups is 1. The van der Waals surface area contributed by atoms with E-state index in [-0.39, 0.29) is 12.0 Å². The van der Waals surface area contributed by atoms with Gasteiger partial charge in [-0.2, -0.15) is 0 Å². The number of guanidine groups is 1. The van der Waals surface area contributed by atoms with Crippen LogP contribution in [-0.2, 0) is 9.47 Å². The summed E-state index contributed by atoms with van der Waals surface area (Å²) < 4.78 is 10.3. The molecule has 0 aromatic carbocycles. The quantitative estimate of drug-likeness (QED) is 0.594. The zero-order valence-corrected chi connectivity index (χ0v) is 15.1. The molecule has 0 aromatic rings. The molecule has 0 fully saturated rings. The molecule has 0 radical (unpaired) electrons. The van der Waals surface area contributed by atoms with Gasteiger partial charge in [0.1, 0.15) is 11.2 Å². The number of nitrogens with one attached hydrogen (secondary N) is 1. The third kappa shape index (κ3) is 9.20. The fourth-order valence-corrected chi connectivity index (χ4v) is 1.21. The van der Waals surface area contributed by atoms with Crippen molar-refractivity contribution in [3.8, 4) is 0 Å². The van der Waals surface area contributed by atoms with E-state index in [0.29, 0.717) is 0 Å². The van der Waals surface area contributed by atoms with Gasteiger partial charge in [-0.1, -0.05) is 0 Å². The Labute approximate surface area is 133 Å². The van der Waals surface area contributed by atoms with Crippen LogP contribution in [0.25, 0.3) is 0 Å². The van der Waals surface area contributed by atoms with Crippen molar-refractivity contribution >= 4 is 18.1 Å². The van der Waals surface area contributed by atoms with Crippen LogP contribution in [0.15, 0.2) is 4.99 Å². The molecule has 7 nitrogen and oxygen atoms in total. The van der Waals surface area contributed by atoms with Crippen LogP contribution in [0, 0.1) is 0 Å². The van der Waals surface area contributed by atoms with Gasteiger partial charge in [0.25, 0.3) is 0 Å². The second kappa shape index (κ2) is 7.47. The summed E-state index contributed by atoms with van der Waals surface area (Å²) in [5, 5.41) is 2.49. The number of hydrogen-bond donors (Lipinski definition) is 1. The van der Waals surface area contributed by atoms with Crippen molar-refractivity contribution in [2.24, 2.45) is 4.99 Å². The highest BCUT2D eigenvalue weighted by Gasteiger charge is 2.22. The van der Waals surface area contributed by atoms with Crippen LogP contribution in [-0.4, -0.2) is 47.3 Å². The second-order valence-corrected chi connectivity index (χ2v) is 7.25. The van der Waals surface area contributed by atoms with Gasteiger partial charge in [0.05, 0.1) is 0 Å². The maximum Gasteiger partial charge on any atom is 0.437 e. The van der Waals surface area contributed by atoms with E-state index < -0.39 is 23.4 Å². The molecule has 0 aromatic heterocycles. The Balaban J connectivity index is 5.14. The molecule has 0 atom stereocenters. The number of carbonyl (C=O) groups excluding carboxylic acids is 2. The van der Waals surface area contributed by atoms with Crippen LogP contribution in [0.5, 0.6) is 0 Å². The first kappa shape index (κ1) is 20.2. The van der Waals surface area contributed by atoms with Crippen molar-refractivity contribution in [2.45, 2.75) is 72.6 Å². The zero-order chi connectivity index (χ0) is 17.7. The summed E-state index contributed by atoms with van der Waals surface area (Å²) in [7, 11) is 1.71. The molecule has 0 saturated carbocycles.